The van der Waals surface area contributed by atoms with Gasteiger partial charge in [-0.05, 0) is 37.1 Å². The van der Waals surface area contributed by atoms with Crippen LogP contribution in [0.3, 0.4) is 0 Å². The number of alkyl halides is 3. The number of hydrogen-bond acceptors (Lipinski definition) is 1. The van der Waals surface area contributed by atoms with E-state index in [9.17, 15) is 17.6 Å². The molecule has 1 heterocycles. The molecule has 2 N–H and O–H groups in total. The predicted molar refractivity (Wildman–Crippen MR) is 65.5 cm³/mol. The Balaban J connectivity index is 2.06. The maximum absolute atomic E-state index is 13.2. The molecule has 0 unspecified atom stereocenters. The maximum Gasteiger partial charge on any atom is 0.401 e. The fourth-order valence-electron chi connectivity index (χ4n) is 2.01. The Morgan fingerprint density at radius 3 is 2.74 bits per heavy atom. The smallest absolute Gasteiger partial charge is 0.361 e. The highest BCUT2D eigenvalue weighted by Gasteiger charge is 2.27. The molecule has 0 saturated heterocycles. The highest BCUT2D eigenvalue weighted by Crippen LogP contribution is 2.21. The Morgan fingerprint density at radius 2 is 2.05 bits per heavy atom. The number of fused-ring (bicyclic) bond motifs is 1. The number of nitrogens with one attached hydrogen (secondary N) is 2. The topological polar surface area (TPSA) is 27.8 Å². The standard InChI is InChI=1S/C13H14F4N2/c1-8(19-7-13(15,16)17)4-9-6-18-12-3-2-10(14)5-11(9)12/h2-3,5-6,8,18-19H,4,7H2,1H3/t8-/m1/s1. The van der Waals surface area contributed by atoms with Gasteiger partial charge < -0.3 is 10.3 Å². The van der Waals surface area contributed by atoms with Crippen LogP contribution in [0.1, 0.15) is 12.5 Å². The summed E-state index contributed by atoms with van der Waals surface area (Å²) in [5.41, 5.74) is 1.58. The second-order valence-electron chi connectivity index (χ2n) is 4.61. The van der Waals surface area contributed by atoms with Crippen molar-refractivity contribution in [2.45, 2.75) is 25.6 Å². The minimum atomic E-state index is -4.22. The Labute approximate surface area is 107 Å². The van der Waals surface area contributed by atoms with Gasteiger partial charge in [-0.15, -0.1) is 0 Å². The Bertz CT molecular complexity index is 559. The molecule has 1 atom stereocenters. The monoisotopic (exact) mass is 274 g/mol. The molecule has 0 bridgehead atoms. The Hall–Kier alpha value is -1.56. The lowest BCUT2D eigenvalue weighted by Crippen LogP contribution is -2.36. The molecule has 0 aliphatic carbocycles. The SMILES string of the molecule is C[C@H](Cc1c[nH]c2ccc(F)cc12)NCC(F)(F)F. The lowest BCUT2D eigenvalue weighted by Gasteiger charge is -2.15. The number of aromatic amines is 1. The second kappa shape index (κ2) is 5.21. The van der Waals surface area contributed by atoms with Gasteiger partial charge >= 0.3 is 6.18 Å². The molecule has 0 aliphatic heterocycles. The molecule has 0 saturated carbocycles. The fourth-order valence-corrected chi connectivity index (χ4v) is 2.01. The summed E-state index contributed by atoms with van der Waals surface area (Å²) in [7, 11) is 0. The third kappa shape index (κ3) is 3.70. The summed E-state index contributed by atoms with van der Waals surface area (Å²) in [6.07, 6.45) is -2.12. The van der Waals surface area contributed by atoms with Gasteiger partial charge in [-0.3, -0.25) is 0 Å². The molecule has 0 fully saturated rings. The van der Waals surface area contributed by atoms with Crippen molar-refractivity contribution in [3.8, 4) is 0 Å². The number of hydrogen-bond donors (Lipinski definition) is 2. The first-order valence-corrected chi connectivity index (χ1v) is 5.91. The van der Waals surface area contributed by atoms with E-state index in [0.717, 1.165) is 11.1 Å². The second-order valence-corrected chi connectivity index (χ2v) is 4.61. The van der Waals surface area contributed by atoms with Crippen LogP contribution in [0.25, 0.3) is 10.9 Å². The lowest BCUT2D eigenvalue weighted by atomic mass is 10.1. The summed E-state index contributed by atoms with van der Waals surface area (Å²) in [5, 5.41) is 3.12. The molecule has 2 aromatic rings. The zero-order valence-electron chi connectivity index (χ0n) is 10.3. The lowest BCUT2D eigenvalue weighted by molar-refractivity contribution is -0.126. The zero-order chi connectivity index (χ0) is 14.0. The van der Waals surface area contributed by atoms with Crippen LogP contribution >= 0.6 is 0 Å². The van der Waals surface area contributed by atoms with E-state index in [2.05, 4.69) is 10.3 Å². The van der Waals surface area contributed by atoms with Crippen molar-refractivity contribution in [2.24, 2.45) is 0 Å². The van der Waals surface area contributed by atoms with Crippen LogP contribution in [-0.2, 0) is 6.42 Å². The van der Waals surface area contributed by atoms with Crippen LogP contribution in [0.15, 0.2) is 24.4 Å². The first-order valence-electron chi connectivity index (χ1n) is 5.91. The van der Waals surface area contributed by atoms with Gasteiger partial charge in [0.1, 0.15) is 5.82 Å². The highest BCUT2D eigenvalue weighted by molar-refractivity contribution is 5.83. The van der Waals surface area contributed by atoms with Crippen LogP contribution < -0.4 is 5.32 Å². The number of rotatable bonds is 4. The molecule has 2 nitrogen and oxygen atoms in total. The molecule has 0 aliphatic rings. The average molecular weight is 274 g/mol. The van der Waals surface area contributed by atoms with Gasteiger partial charge in [0.05, 0.1) is 6.54 Å². The van der Waals surface area contributed by atoms with E-state index in [-0.39, 0.29) is 11.9 Å². The van der Waals surface area contributed by atoms with Crippen molar-refractivity contribution < 1.29 is 17.6 Å². The van der Waals surface area contributed by atoms with Crippen LogP contribution in [0.5, 0.6) is 0 Å². The van der Waals surface area contributed by atoms with Gasteiger partial charge in [0, 0.05) is 23.1 Å². The van der Waals surface area contributed by atoms with E-state index in [1.54, 1.807) is 19.2 Å². The zero-order valence-corrected chi connectivity index (χ0v) is 10.3. The van der Waals surface area contributed by atoms with Gasteiger partial charge in [-0.1, -0.05) is 0 Å². The van der Waals surface area contributed by atoms with Crippen molar-refractivity contribution in [3.63, 3.8) is 0 Å². The van der Waals surface area contributed by atoms with Gasteiger partial charge in [-0.2, -0.15) is 13.2 Å². The predicted octanol–water partition coefficient (Wildman–Crippen LogP) is 3.39. The summed E-state index contributed by atoms with van der Waals surface area (Å²) in [4.78, 5) is 2.98. The summed E-state index contributed by atoms with van der Waals surface area (Å²) in [6.45, 7) is 0.648. The normalized spacial score (nSPS) is 13.9. The number of halogens is 4. The average Bonchev–Trinajstić information content (AvgIpc) is 2.68. The number of benzene rings is 1. The summed E-state index contributed by atoms with van der Waals surface area (Å²) in [5.74, 6) is -0.357. The largest absolute Gasteiger partial charge is 0.401 e. The molecule has 1 aromatic carbocycles. The van der Waals surface area contributed by atoms with Gasteiger partial charge in [-0.25, -0.2) is 4.39 Å². The minimum absolute atomic E-state index is 0.344. The van der Waals surface area contributed by atoms with Crippen molar-refractivity contribution in [2.75, 3.05) is 6.54 Å². The van der Waals surface area contributed by atoms with Crippen LogP contribution in [0.2, 0.25) is 0 Å². The van der Waals surface area contributed by atoms with Crippen LogP contribution in [-0.4, -0.2) is 23.7 Å². The third-order valence-electron chi connectivity index (χ3n) is 2.91. The van der Waals surface area contributed by atoms with E-state index in [4.69, 9.17) is 0 Å². The minimum Gasteiger partial charge on any atom is -0.361 e. The van der Waals surface area contributed by atoms with Crippen molar-refractivity contribution in [1.82, 2.24) is 10.3 Å². The van der Waals surface area contributed by atoms with Crippen LogP contribution in [0, 0.1) is 5.82 Å². The molecule has 1 aromatic heterocycles. The number of H-pyrrole nitrogens is 1. The van der Waals surface area contributed by atoms with Crippen molar-refractivity contribution in [1.29, 1.82) is 0 Å². The quantitative estimate of drug-likeness (QED) is 0.822. The van der Waals surface area contributed by atoms with Crippen molar-refractivity contribution >= 4 is 10.9 Å². The highest BCUT2D eigenvalue weighted by atomic mass is 19.4. The molecule has 104 valence electrons. The third-order valence-corrected chi connectivity index (χ3v) is 2.91. The molecule has 2 rings (SSSR count). The van der Waals surface area contributed by atoms with Gasteiger partial charge in [0.25, 0.3) is 0 Å². The van der Waals surface area contributed by atoms with Gasteiger partial charge in [0.2, 0.25) is 0 Å². The summed E-state index contributed by atoms with van der Waals surface area (Å²) in [6, 6.07) is 4.00. The van der Waals surface area contributed by atoms with Gasteiger partial charge in [0.15, 0.2) is 0 Å². The van der Waals surface area contributed by atoms with E-state index in [1.807, 2.05) is 0 Å². The van der Waals surface area contributed by atoms with Crippen LogP contribution in [0.4, 0.5) is 17.6 Å². The Kier molecular flexibility index (Phi) is 3.80. The molecule has 0 spiro atoms. The maximum atomic E-state index is 13.2. The summed E-state index contributed by atoms with van der Waals surface area (Å²) < 4.78 is 49.4. The van der Waals surface area contributed by atoms with E-state index in [1.165, 1.54) is 12.1 Å². The first-order chi connectivity index (χ1) is 8.85. The van der Waals surface area contributed by atoms with E-state index >= 15 is 0 Å². The summed E-state index contributed by atoms with van der Waals surface area (Å²) >= 11 is 0. The molecule has 0 radical (unpaired) electrons. The fraction of sp³-hybridized carbons (Fsp3) is 0.385. The number of aromatic nitrogens is 1. The van der Waals surface area contributed by atoms with E-state index in [0.29, 0.717) is 11.8 Å². The molecule has 19 heavy (non-hydrogen) atoms. The Morgan fingerprint density at radius 1 is 1.32 bits per heavy atom. The molecule has 6 heteroatoms. The molecular formula is C13H14F4N2. The molecular weight excluding hydrogens is 260 g/mol. The van der Waals surface area contributed by atoms with Crippen molar-refractivity contribution in [3.05, 3.63) is 35.8 Å². The first kappa shape index (κ1) is 13.9. The van der Waals surface area contributed by atoms with E-state index < -0.39 is 12.7 Å². The molecule has 0 amide bonds.